The number of nitrogens with zero attached hydrogens (tertiary/aromatic N) is 3. The largest absolute Gasteiger partial charge is 0.405 e. The van der Waals surface area contributed by atoms with Crippen LogP contribution in [0.15, 0.2) is 42.8 Å². The summed E-state index contributed by atoms with van der Waals surface area (Å²) >= 11 is 0. The summed E-state index contributed by atoms with van der Waals surface area (Å²) in [5, 5.41) is 5.70. The number of nitrogens with two attached hydrogens (primary N) is 2. The Labute approximate surface area is 157 Å². The van der Waals surface area contributed by atoms with Gasteiger partial charge in [-0.05, 0) is 25.0 Å². The van der Waals surface area contributed by atoms with Crippen LogP contribution in [-0.2, 0) is 0 Å². The van der Waals surface area contributed by atoms with E-state index in [-0.39, 0.29) is 40.8 Å². The van der Waals surface area contributed by atoms with E-state index in [0.717, 1.165) is 12.4 Å². The number of halogens is 4. The van der Waals surface area contributed by atoms with Gasteiger partial charge in [-0.1, -0.05) is 12.2 Å². The smallest absolute Gasteiger partial charge is 0.403 e. The predicted molar refractivity (Wildman–Crippen MR) is 96.6 cm³/mol. The van der Waals surface area contributed by atoms with E-state index in [0.29, 0.717) is 5.70 Å². The number of hydrogen-bond acceptors (Lipinski definition) is 5. The Hall–Kier alpha value is -3.37. The molecule has 0 aromatic carbocycles. The maximum Gasteiger partial charge on any atom is 0.405 e. The minimum absolute atomic E-state index is 0.0245. The molecule has 11 heteroatoms. The lowest BCUT2D eigenvalue weighted by molar-refractivity contribution is -0.123. The molecule has 7 nitrogen and oxygen atoms in total. The van der Waals surface area contributed by atoms with Gasteiger partial charge >= 0.3 is 6.18 Å². The Bertz CT molecular complexity index is 954. The maximum absolute atomic E-state index is 13.0. The van der Waals surface area contributed by atoms with Gasteiger partial charge in [0.25, 0.3) is 5.91 Å². The molecule has 150 valence electrons. The fraction of sp³-hybridized carbons (Fsp3) is 0.235. The van der Waals surface area contributed by atoms with Gasteiger partial charge < -0.3 is 16.8 Å². The molecular formula is C17H18F4N6O. The van der Waals surface area contributed by atoms with Gasteiger partial charge in [0.15, 0.2) is 5.82 Å². The second-order valence-electron chi connectivity index (χ2n) is 5.79. The molecule has 0 fully saturated rings. The Kier molecular flexibility index (Phi) is 6.39. The molecule has 2 aromatic heterocycles. The maximum atomic E-state index is 13.0. The summed E-state index contributed by atoms with van der Waals surface area (Å²) in [4.78, 5) is 16.2. The SMILES string of the molecule is C/C(N)=C\CC=C(/C=C/F)c1c(C(=O)NCC(F)(F)F)cn2ncnc(N)c12. The van der Waals surface area contributed by atoms with Gasteiger partial charge in [-0.15, -0.1) is 0 Å². The Morgan fingerprint density at radius 2 is 2.07 bits per heavy atom. The molecule has 5 N–H and O–H groups in total. The van der Waals surface area contributed by atoms with E-state index in [2.05, 4.69) is 10.1 Å². The van der Waals surface area contributed by atoms with E-state index in [1.807, 2.05) is 0 Å². The summed E-state index contributed by atoms with van der Waals surface area (Å²) in [6.07, 6.45) is 2.53. The normalized spacial score (nSPS) is 13.5. The molecular weight excluding hydrogens is 380 g/mol. The topological polar surface area (TPSA) is 111 Å². The highest BCUT2D eigenvalue weighted by atomic mass is 19.4. The van der Waals surface area contributed by atoms with Crippen LogP contribution < -0.4 is 16.8 Å². The van der Waals surface area contributed by atoms with E-state index in [9.17, 15) is 22.4 Å². The third-order valence-corrected chi connectivity index (χ3v) is 3.60. The zero-order chi connectivity index (χ0) is 20.9. The van der Waals surface area contributed by atoms with E-state index in [1.165, 1.54) is 10.7 Å². The molecule has 2 aromatic rings. The van der Waals surface area contributed by atoms with E-state index in [1.54, 1.807) is 24.4 Å². The highest BCUT2D eigenvalue weighted by Gasteiger charge is 2.29. The molecule has 0 saturated carbocycles. The molecule has 2 heterocycles. The second kappa shape index (κ2) is 8.55. The Morgan fingerprint density at radius 1 is 1.36 bits per heavy atom. The van der Waals surface area contributed by atoms with Gasteiger partial charge in [-0.25, -0.2) is 13.9 Å². The number of aromatic nitrogens is 3. The molecule has 0 atom stereocenters. The first-order valence-electron chi connectivity index (χ1n) is 8.00. The van der Waals surface area contributed by atoms with Crippen molar-refractivity contribution in [1.82, 2.24) is 19.9 Å². The Morgan fingerprint density at radius 3 is 2.68 bits per heavy atom. The molecule has 0 unspecified atom stereocenters. The van der Waals surface area contributed by atoms with Crippen LogP contribution in [0.4, 0.5) is 23.4 Å². The van der Waals surface area contributed by atoms with Crippen LogP contribution >= 0.6 is 0 Å². The number of nitrogens with one attached hydrogen (secondary N) is 1. The van der Waals surface area contributed by atoms with E-state index in [4.69, 9.17) is 11.5 Å². The quantitative estimate of drug-likeness (QED) is 0.512. The van der Waals surface area contributed by atoms with Crippen molar-refractivity contribution in [2.24, 2.45) is 5.73 Å². The summed E-state index contributed by atoms with van der Waals surface area (Å²) in [6, 6.07) is 0. The number of alkyl halides is 3. The van der Waals surface area contributed by atoms with Crippen LogP contribution in [-0.4, -0.2) is 33.2 Å². The van der Waals surface area contributed by atoms with E-state index < -0.39 is 18.6 Å². The first kappa shape index (κ1) is 20.9. The number of allylic oxidation sites excluding steroid dienone is 5. The van der Waals surface area contributed by atoms with Crippen LogP contribution in [0.25, 0.3) is 11.1 Å². The second-order valence-corrected chi connectivity index (χ2v) is 5.79. The van der Waals surface area contributed by atoms with Crippen LogP contribution in [0.3, 0.4) is 0 Å². The number of hydrogen-bond donors (Lipinski definition) is 3. The van der Waals surface area contributed by atoms with Crippen molar-refractivity contribution < 1.29 is 22.4 Å². The zero-order valence-electron chi connectivity index (χ0n) is 14.8. The number of fused-ring (bicyclic) bond motifs is 1. The summed E-state index contributed by atoms with van der Waals surface area (Å²) in [7, 11) is 0. The van der Waals surface area contributed by atoms with Gasteiger partial charge in [0, 0.05) is 17.5 Å². The number of rotatable bonds is 6. The zero-order valence-corrected chi connectivity index (χ0v) is 14.8. The van der Waals surface area contributed by atoms with Crippen molar-refractivity contribution >= 4 is 22.8 Å². The lowest BCUT2D eigenvalue weighted by Crippen LogP contribution is -2.33. The first-order chi connectivity index (χ1) is 13.1. The minimum Gasteiger partial charge on any atom is -0.403 e. The Balaban J connectivity index is 2.63. The van der Waals surface area contributed by atoms with Gasteiger partial charge in [-0.3, -0.25) is 4.79 Å². The molecule has 0 aliphatic rings. The third kappa shape index (κ3) is 5.09. The van der Waals surface area contributed by atoms with Crippen molar-refractivity contribution in [3.8, 4) is 0 Å². The molecule has 2 rings (SSSR count). The first-order valence-corrected chi connectivity index (χ1v) is 8.00. The summed E-state index contributed by atoms with van der Waals surface area (Å²) in [5.74, 6) is -1.04. The van der Waals surface area contributed by atoms with Gasteiger partial charge in [-0.2, -0.15) is 18.3 Å². The average Bonchev–Trinajstić information content (AvgIpc) is 2.99. The summed E-state index contributed by atoms with van der Waals surface area (Å²) in [5.41, 5.74) is 12.3. The molecule has 0 bridgehead atoms. The lowest BCUT2D eigenvalue weighted by Gasteiger charge is -2.10. The number of carbonyl (C=O) groups is 1. The fourth-order valence-electron chi connectivity index (χ4n) is 2.47. The molecule has 28 heavy (non-hydrogen) atoms. The minimum atomic E-state index is -4.59. The third-order valence-electron chi connectivity index (χ3n) is 3.60. The van der Waals surface area contributed by atoms with Gasteiger partial charge in [0.1, 0.15) is 18.4 Å². The van der Waals surface area contributed by atoms with Crippen LogP contribution in [0, 0.1) is 0 Å². The molecule has 1 amide bonds. The summed E-state index contributed by atoms with van der Waals surface area (Å²) in [6.45, 7) is 0.139. The fourth-order valence-corrected chi connectivity index (χ4v) is 2.47. The van der Waals surface area contributed by atoms with Crippen molar-refractivity contribution in [2.45, 2.75) is 19.5 Å². The van der Waals surface area contributed by atoms with Gasteiger partial charge in [0.05, 0.1) is 11.9 Å². The summed E-state index contributed by atoms with van der Waals surface area (Å²) < 4.78 is 51.6. The molecule has 0 radical (unpaired) electrons. The average molecular weight is 398 g/mol. The van der Waals surface area contributed by atoms with Crippen molar-refractivity contribution in [2.75, 3.05) is 12.3 Å². The highest BCUT2D eigenvalue weighted by Crippen LogP contribution is 2.30. The van der Waals surface area contributed by atoms with Gasteiger partial charge in [0.2, 0.25) is 0 Å². The number of nitrogen functional groups attached to an aromatic ring is 1. The molecule has 0 aliphatic carbocycles. The highest BCUT2D eigenvalue weighted by molar-refractivity contribution is 6.05. The van der Waals surface area contributed by atoms with E-state index >= 15 is 0 Å². The molecule has 0 aliphatic heterocycles. The molecule has 0 spiro atoms. The molecule has 0 saturated heterocycles. The van der Waals surface area contributed by atoms with Crippen LogP contribution in [0.5, 0.6) is 0 Å². The predicted octanol–water partition coefficient (Wildman–Crippen LogP) is 2.72. The standard InChI is InChI=1S/C17H18F4N6O/c1-10(22)3-2-4-11(5-6-18)13-12(16(28)24-8-17(19,20)21)7-27-14(13)15(23)25-9-26-27/h3-7,9H,2,8,22H2,1H3,(H,24,28)(H2,23,25,26)/b6-5+,10-3+,11-4?. The lowest BCUT2D eigenvalue weighted by atomic mass is 10.0. The van der Waals surface area contributed by atoms with Crippen molar-refractivity contribution in [3.05, 3.63) is 53.9 Å². The number of carbonyl (C=O) groups excluding carboxylic acids is 1. The van der Waals surface area contributed by atoms with Crippen molar-refractivity contribution in [1.29, 1.82) is 0 Å². The number of amides is 1. The van der Waals surface area contributed by atoms with Crippen LogP contribution in [0.1, 0.15) is 29.3 Å². The van der Waals surface area contributed by atoms with Crippen LogP contribution in [0.2, 0.25) is 0 Å². The monoisotopic (exact) mass is 398 g/mol. The van der Waals surface area contributed by atoms with Crippen molar-refractivity contribution in [3.63, 3.8) is 0 Å². The number of anilines is 1.